The lowest BCUT2D eigenvalue weighted by atomic mass is 10.1. The number of carbonyl (C=O) groups excluding carboxylic acids is 1. The molecule has 0 aliphatic carbocycles. The molecule has 1 heterocycles. The van der Waals surface area contributed by atoms with Crippen LogP contribution >= 0.6 is 11.8 Å². The Morgan fingerprint density at radius 2 is 2.12 bits per heavy atom. The summed E-state index contributed by atoms with van der Waals surface area (Å²) >= 11 is 1.60. The van der Waals surface area contributed by atoms with E-state index in [4.69, 9.17) is 0 Å². The van der Waals surface area contributed by atoms with Gasteiger partial charge in [-0.05, 0) is 42.7 Å². The van der Waals surface area contributed by atoms with Crippen LogP contribution in [0.1, 0.15) is 38.1 Å². The van der Waals surface area contributed by atoms with Crippen LogP contribution in [0.5, 0.6) is 0 Å². The van der Waals surface area contributed by atoms with Crippen LogP contribution in [0.15, 0.2) is 29.4 Å². The molecule has 0 spiro atoms. The summed E-state index contributed by atoms with van der Waals surface area (Å²) in [5.74, 6) is 1.22. The second-order valence-electron chi connectivity index (χ2n) is 6.69. The molecule has 26 heavy (non-hydrogen) atoms. The SMILES string of the molecule is CSc1nnc(CCCNC(=O)CCc2cccc(F)c2)n1CC(C)C. The Bertz CT molecular complexity index is 717. The van der Waals surface area contributed by atoms with Gasteiger partial charge in [-0.3, -0.25) is 4.79 Å². The number of nitrogens with zero attached hydrogens (tertiary/aromatic N) is 3. The molecule has 142 valence electrons. The lowest BCUT2D eigenvalue weighted by Gasteiger charge is -2.11. The molecule has 1 aromatic heterocycles. The zero-order valence-corrected chi connectivity index (χ0v) is 16.5. The van der Waals surface area contributed by atoms with Crippen LogP contribution in [0.25, 0.3) is 0 Å². The van der Waals surface area contributed by atoms with E-state index in [2.05, 4.69) is 33.9 Å². The van der Waals surface area contributed by atoms with E-state index in [0.29, 0.717) is 25.3 Å². The average molecular weight is 379 g/mol. The van der Waals surface area contributed by atoms with E-state index >= 15 is 0 Å². The van der Waals surface area contributed by atoms with Crippen molar-refractivity contribution in [1.82, 2.24) is 20.1 Å². The predicted molar refractivity (Wildman–Crippen MR) is 103 cm³/mol. The Hall–Kier alpha value is -1.89. The van der Waals surface area contributed by atoms with Crippen molar-refractivity contribution in [2.24, 2.45) is 5.92 Å². The Labute approximate surface area is 158 Å². The maximum Gasteiger partial charge on any atom is 0.220 e. The van der Waals surface area contributed by atoms with Crippen molar-refractivity contribution in [2.75, 3.05) is 12.8 Å². The molecule has 7 heteroatoms. The number of halogens is 1. The third kappa shape index (κ3) is 6.44. The molecule has 0 atom stereocenters. The second kappa shape index (κ2) is 10.3. The molecule has 0 radical (unpaired) electrons. The number of aromatic nitrogens is 3. The highest BCUT2D eigenvalue weighted by atomic mass is 32.2. The van der Waals surface area contributed by atoms with Crippen molar-refractivity contribution in [3.63, 3.8) is 0 Å². The molecular formula is C19H27FN4OS. The Kier molecular flexibility index (Phi) is 8.09. The molecule has 5 nitrogen and oxygen atoms in total. The third-order valence-electron chi connectivity index (χ3n) is 3.95. The molecule has 2 aromatic rings. The molecule has 0 aliphatic rings. The number of thioether (sulfide) groups is 1. The monoisotopic (exact) mass is 378 g/mol. The summed E-state index contributed by atoms with van der Waals surface area (Å²) in [5, 5.41) is 12.4. The van der Waals surface area contributed by atoms with Gasteiger partial charge in [-0.25, -0.2) is 4.39 Å². The van der Waals surface area contributed by atoms with Gasteiger partial charge in [-0.1, -0.05) is 37.7 Å². The first-order valence-electron chi connectivity index (χ1n) is 8.96. The molecule has 0 saturated carbocycles. The minimum atomic E-state index is -0.266. The smallest absolute Gasteiger partial charge is 0.220 e. The maximum atomic E-state index is 13.1. The molecule has 1 N–H and O–H groups in total. The first kappa shape index (κ1) is 20.4. The van der Waals surface area contributed by atoms with Gasteiger partial charge >= 0.3 is 0 Å². The van der Waals surface area contributed by atoms with Gasteiger partial charge in [0.2, 0.25) is 5.91 Å². The van der Waals surface area contributed by atoms with E-state index in [1.54, 1.807) is 17.8 Å². The zero-order chi connectivity index (χ0) is 18.9. The van der Waals surface area contributed by atoms with Crippen LogP contribution in [0, 0.1) is 11.7 Å². The van der Waals surface area contributed by atoms with Crippen molar-refractivity contribution in [3.8, 4) is 0 Å². The van der Waals surface area contributed by atoms with Crippen molar-refractivity contribution in [3.05, 3.63) is 41.5 Å². The van der Waals surface area contributed by atoms with E-state index in [1.165, 1.54) is 12.1 Å². The number of aryl methyl sites for hydroxylation is 2. The highest BCUT2D eigenvalue weighted by Crippen LogP contribution is 2.16. The summed E-state index contributed by atoms with van der Waals surface area (Å²) in [6, 6.07) is 6.38. The van der Waals surface area contributed by atoms with Crippen LogP contribution in [0.3, 0.4) is 0 Å². The van der Waals surface area contributed by atoms with Crippen LogP contribution < -0.4 is 5.32 Å². The third-order valence-corrected chi connectivity index (χ3v) is 4.62. The minimum absolute atomic E-state index is 0.0114. The normalized spacial score (nSPS) is 11.1. The molecule has 0 unspecified atom stereocenters. The van der Waals surface area contributed by atoms with Gasteiger partial charge < -0.3 is 9.88 Å². The van der Waals surface area contributed by atoms with Crippen LogP contribution in [0.2, 0.25) is 0 Å². The first-order valence-corrected chi connectivity index (χ1v) is 10.2. The van der Waals surface area contributed by atoms with Gasteiger partial charge in [0.1, 0.15) is 11.6 Å². The summed E-state index contributed by atoms with van der Waals surface area (Å²) in [6.45, 7) is 5.85. The summed E-state index contributed by atoms with van der Waals surface area (Å²) in [4.78, 5) is 11.9. The number of amides is 1. The quantitative estimate of drug-likeness (QED) is 0.508. The Morgan fingerprint density at radius 1 is 1.31 bits per heavy atom. The van der Waals surface area contributed by atoms with Crippen molar-refractivity contribution in [1.29, 1.82) is 0 Å². The van der Waals surface area contributed by atoms with E-state index in [0.717, 1.165) is 35.9 Å². The molecule has 0 aliphatic heterocycles. The number of carbonyl (C=O) groups is 1. The number of hydrogen-bond acceptors (Lipinski definition) is 4. The Balaban J connectivity index is 1.73. The molecule has 2 rings (SSSR count). The van der Waals surface area contributed by atoms with Gasteiger partial charge in [0, 0.05) is 25.9 Å². The topological polar surface area (TPSA) is 59.8 Å². The van der Waals surface area contributed by atoms with Crippen LogP contribution in [-0.4, -0.2) is 33.5 Å². The molecule has 0 saturated heterocycles. The maximum absolute atomic E-state index is 13.1. The number of rotatable bonds is 10. The largest absolute Gasteiger partial charge is 0.356 e. The lowest BCUT2D eigenvalue weighted by molar-refractivity contribution is -0.121. The fourth-order valence-electron chi connectivity index (χ4n) is 2.72. The van der Waals surface area contributed by atoms with Crippen molar-refractivity contribution < 1.29 is 9.18 Å². The number of nitrogens with one attached hydrogen (secondary N) is 1. The van der Waals surface area contributed by atoms with Crippen molar-refractivity contribution in [2.45, 2.75) is 51.2 Å². The Morgan fingerprint density at radius 3 is 2.81 bits per heavy atom. The highest BCUT2D eigenvalue weighted by Gasteiger charge is 2.12. The summed E-state index contributed by atoms with van der Waals surface area (Å²) in [7, 11) is 0. The van der Waals surface area contributed by atoms with Crippen LogP contribution in [-0.2, 0) is 24.2 Å². The summed E-state index contributed by atoms with van der Waals surface area (Å²) < 4.78 is 15.3. The first-order chi connectivity index (χ1) is 12.5. The fourth-order valence-corrected chi connectivity index (χ4v) is 3.24. The van der Waals surface area contributed by atoms with Gasteiger partial charge in [0.15, 0.2) is 5.16 Å². The number of benzene rings is 1. The second-order valence-corrected chi connectivity index (χ2v) is 7.46. The molecule has 0 fully saturated rings. The predicted octanol–water partition coefficient (Wildman–Crippen LogP) is 3.48. The van der Waals surface area contributed by atoms with E-state index < -0.39 is 0 Å². The van der Waals surface area contributed by atoms with Crippen LogP contribution in [0.4, 0.5) is 4.39 Å². The van der Waals surface area contributed by atoms with Gasteiger partial charge in [-0.2, -0.15) is 0 Å². The molecule has 1 aromatic carbocycles. The molecular weight excluding hydrogens is 351 g/mol. The number of hydrogen-bond donors (Lipinski definition) is 1. The standard InChI is InChI=1S/C19H27FN4OS/c1-14(2)13-24-17(22-23-19(24)26-3)8-5-11-21-18(25)10-9-15-6-4-7-16(20)12-15/h4,6-7,12,14H,5,8-11,13H2,1-3H3,(H,21,25). The van der Waals surface area contributed by atoms with Crippen molar-refractivity contribution >= 4 is 17.7 Å². The highest BCUT2D eigenvalue weighted by molar-refractivity contribution is 7.98. The van der Waals surface area contributed by atoms with E-state index in [9.17, 15) is 9.18 Å². The fraction of sp³-hybridized carbons (Fsp3) is 0.526. The van der Waals surface area contributed by atoms with Gasteiger partial charge in [0.05, 0.1) is 0 Å². The minimum Gasteiger partial charge on any atom is -0.356 e. The summed E-state index contributed by atoms with van der Waals surface area (Å²) in [6.07, 6.45) is 4.51. The van der Waals surface area contributed by atoms with E-state index in [-0.39, 0.29) is 11.7 Å². The molecule has 1 amide bonds. The van der Waals surface area contributed by atoms with E-state index in [1.807, 2.05) is 12.3 Å². The van der Waals surface area contributed by atoms with Gasteiger partial charge in [0.25, 0.3) is 0 Å². The summed E-state index contributed by atoms with van der Waals surface area (Å²) in [5.41, 5.74) is 0.839. The average Bonchev–Trinajstić information content (AvgIpc) is 2.98. The molecule has 0 bridgehead atoms. The zero-order valence-electron chi connectivity index (χ0n) is 15.7. The van der Waals surface area contributed by atoms with Gasteiger partial charge in [-0.15, -0.1) is 10.2 Å². The lowest BCUT2D eigenvalue weighted by Crippen LogP contribution is -2.25.